The van der Waals surface area contributed by atoms with Crippen LogP contribution in [0.4, 0.5) is 0 Å². The van der Waals surface area contributed by atoms with E-state index in [-0.39, 0.29) is 45.6 Å². The van der Waals surface area contributed by atoms with Crippen LogP contribution in [0.3, 0.4) is 0 Å². The second kappa shape index (κ2) is 7.96. The molecular weight excluding hydrogens is 250 g/mol. The molecule has 0 atom stereocenters. The number of aliphatic hydroxyl groups is 3. The lowest BCUT2D eigenvalue weighted by Gasteiger charge is -2.29. The van der Waals surface area contributed by atoms with Crippen LogP contribution in [0, 0.1) is 0 Å². The molecule has 104 valence electrons. The van der Waals surface area contributed by atoms with E-state index in [0.717, 1.165) is 0 Å². The summed E-state index contributed by atoms with van der Waals surface area (Å²) in [7, 11) is -4.36. The first-order chi connectivity index (χ1) is 7.93. The summed E-state index contributed by atoms with van der Waals surface area (Å²) in [6, 6.07) is 0. The topological polar surface area (TPSA) is 127 Å². The number of hydrogen-bond donors (Lipinski definition) is 5. The highest BCUT2D eigenvalue weighted by molar-refractivity contribution is 7.87. The van der Waals surface area contributed by atoms with Gasteiger partial charge in [0.15, 0.2) is 0 Å². The third-order valence-electron chi connectivity index (χ3n) is 2.73. The van der Waals surface area contributed by atoms with Gasteiger partial charge in [0.2, 0.25) is 0 Å². The normalized spacial score (nSPS) is 12.9. The minimum atomic E-state index is -4.36. The van der Waals surface area contributed by atoms with E-state index in [4.69, 9.17) is 15.3 Å². The largest absolute Gasteiger partial charge is 0.396 e. The molecule has 0 unspecified atom stereocenters. The molecule has 0 aromatic rings. The van der Waals surface area contributed by atoms with Crippen LogP contribution in [0.15, 0.2) is 0 Å². The zero-order valence-electron chi connectivity index (χ0n) is 9.67. The highest BCUT2D eigenvalue weighted by Crippen LogP contribution is 2.28. The van der Waals surface area contributed by atoms with Gasteiger partial charge in [-0.2, -0.15) is 8.42 Å². The molecule has 7 nitrogen and oxygen atoms in total. The number of rotatable bonds is 10. The lowest BCUT2D eigenvalue weighted by Crippen LogP contribution is -2.43. The van der Waals surface area contributed by atoms with Gasteiger partial charge in [-0.05, 0) is 25.8 Å². The summed E-state index contributed by atoms with van der Waals surface area (Å²) in [6.07, 6.45) is -0.201. The molecule has 17 heavy (non-hydrogen) atoms. The van der Waals surface area contributed by atoms with Gasteiger partial charge in [-0.1, -0.05) is 0 Å². The zero-order chi connectivity index (χ0) is 13.4. The summed E-state index contributed by atoms with van der Waals surface area (Å²) in [5, 5.41) is 29.1. The average molecular weight is 271 g/mol. The Bertz CT molecular complexity index is 286. The van der Waals surface area contributed by atoms with Gasteiger partial charge in [-0.15, -0.1) is 0 Å². The van der Waals surface area contributed by atoms with Crippen molar-refractivity contribution >= 4 is 10.1 Å². The quantitative estimate of drug-likeness (QED) is 0.238. The minimum absolute atomic E-state index is 0.0625. The lowest BCUT2D eigenvalue weighted by atomic mass is 9.97. The Labute approximate surface area is 101 Å². The Balaban J connectivity index is 4.67. The molecule has 0 aromatic heterocycles. The average Bonchev–Trinajstić information content (AvgIpc) is 2.23. The maximum absolute atomic E-state index is 11.4. The number of nitrogens with one attached hydrogen (secondary N) is 1. The molecule has 8 heteroatoms. The van der Waals surface area contributed by atoms with Crippen molar-refractivity contribution < 1.29 is 28.3 Å². The van der Waals surface area contributed by atoms with E-state index in [1.54, 1.807) is 0 Å². The van der Waals surface area contributed by atoms with Crippen LogP contribution in [0.2, 0.25) is 0 Å². The Morgan fingerprint density at radius 1 is 0.882 bits per heavy atom. The van der Waals surface area contributed by atoms with Crippen LogP contribution in [-0.4, -0.2) is 65.9 Å². The molecule has 0 rings (SSSR count). The first kappa shape index (κ1) is 16.8. The van der Waals surface area contributed by atoms with E-state index in [0.29, 0.717) is 6.54 Å². The molecule has 0 aromatic carbocycles. The molecule has 0 aliphatic rings. The van der Waals surface area contributed by atoms with Crippen LogP contribution < -0.4 is 5.32 Å². The van der Waals surface area contributed by atoms with Crippen molar-refractivity contribution in [3.8, 4) is 0 Å². The van der Waals surface area contributed by atoms with Gasteiger partial charge in [0.1, 0.15) is 4.75 Å². The van der Waals surface area contributed by atoms with Crippen molar-refractivity contribution in [1.29, 1.82) is 0 Å². The molecule has 0 spiro atoms. The third kappa shape index (κ3) is 5.28. The molecule has 0 heterocycles. The fourth-order valence-electron chi connectivity index (χ4n) is 1.69. The monoisotopic (exact) mass is 271 g/mol. The van der Waals surface area contributed by atoms with Gasteiger partial charge in [-0.3, -0.25) is 4.55 Å². The van der Waals surface area contributed by atoms with Crippen molar-refractivity contribution in [3.63, 3.8) is 0 Å². The van der Waals surface area contributed by atoms with Crippen LogP contribution in [0.1, 0.15) is 19.3 Å². The van der Waals surface area contributed by atoms with Crippen LogP contribution in [-0.2, 0) is 10.1 Å². The summed E-state index contributed by atoms with van der Waals surface area (Å²) < 4.78 is 30.4. The fraction of sp³-hybridized carbons (Fsp3) is 1.00. The molecule has 0 fully saturated rings. The SMILES string of the molecule is O=S(=O)(O)C(CCO)(CCO)CCNCCO. The molecule has 5 N–H and O–H groups in total. The Kier molecular flexibility index (Phi) is 7.84. The van der Waals surface area contributed by atoms with Crippen molar-refractivity contribution in [2.75, 3.05) is 32.9 Å². The van der Waals surface area contributed by atoms with Crippen molar-refractivity contribution in [1.82, 2.24) is 5.32 Å². The molecule has 0 aliphatic heterocycles. The highest BCUT2D eigenvalue weighted by Gasteiger charge is 2.41. The summed E-state index contributed by atoms with van der Waals surface area (Å²) >= 11 is 0. The predicted molar refractivity (Wildman–Crippen MR) is 62.3 cm³/mol. The molecule has 0 amide bonds. The maximum atomic E-state index is 11.4. The summed E-state index contributed by atoms with van der Waals surface area (Å²) in [4.78, 5) is 0. The molecule has 0 radical (unpaired) electrons. The van der Waals surface area contributed by atoms with E-state index >= 15 is 0 Å². The van der Waals surface area contributed by atoms with E-state index < -0.39 is 14.9 Å². The first-order valence-electron chi connectivity index (χ1n) is 5.44. The number of aliphatic hydroxyl groups excluding tert-OH is 3. The van der Waals surface area contributed by atoms with Gasteiger partial charge in [0, 0.05) is 19.8 Å². The summed E-state index contributed by atoms with van der Waals surface area (Å²) in [5.74, 6) is 0. The van der Waals surface area contributed by atoms with E-state index in [2.05, 4.69) is 5.32 Å². The summed E-state index contributed by atoms with van der Waals surface area (Å²) in [6.45, 7) is -0.265. The second-order valence-electron chi connectivity index (χ2n) is 3.83. The zero-order valence-corrected chi connectivity index (χ0v) is 10.5. The van der Waals surface area contributed by atoms with Gasteiger partial charge in [0.05, 0.1) is 6.61 Å². The van der Waals surface area contributed by atoms with Crippen molar-refractivity contribution in [2.45, 2.75) is 24.0 Å². The minimum Gasteiger partial charge on any atom is -0.396 e. The second-order valence-corrected chi connectivity index (χ2v) is 5.65. The van der Waals surface area contributed by atoms with Crippen LogP contribution in [0.5, 0.6) is 0 Å². The standard InChI is InChI=1S/C9H21NO6S/c11-6-2-9(3-7-12,17(14,15)16)1-4-10-5-8-13/h10-13H,1-8H2,(H,14,15,16). The van der Waals surface area contributed by atoms with Gasteiger partial charge in [-0.25, -0.2) is 0 Å². The fourth-order valence-corrected chi connectivity index (χ4v) is 2.75. The van der Waals surface area contributed by atoms with Crippen molar-refractivity contribution in [3.05, 3.63) is 0 Å². The van der Waals surface area contributed by atoms with Crippen molar-refractivity contribution in [2.24, 2.45) is 0 Å². The molecule has 0 aliphatic carbocycles. The molecule has 0 saturated carbocycles. The van der Waals surface area contributed by atoms with E-state index in [1.807, 2.05) is 0 Å². The van der Waals surface area contributed by atoms with Crippen LogP contribution in [0.25, 0.3) is 0 Å². The lowest BCUT2D eigenvalue weighted by molar-refractivity contribution is 0.211. The first-order valence-corrected chi connectivity index (χ1v) is 6.88. The third-order valence-corrected chi connectivity index (χ3v) is 4.43. The highest BCUT2D eigenvalue weighted by atomic mass is 32.2. The van der Waals surface area contributed by atoms with Gasteiger partial charge >= 0.3 is 0 Å². The molecular formula is C9H21NO6S. The Morgan fingerprint density at radius 3 is 1.76 bits per heavy atom. The maximum Gasteiger partial charge on any atom is 0.270 e. The smallest absolute Gasteiger partial charge is 0.270 e. The van der Waals surface area contributed by atoms with Gasteiger partial charge < -0.3 is 20.6 Å². The van der Waals surface area contributed by atoms with Gasteiger partial charge in [0.25, 0.3) is 10.1 Å². The van der Waals surface area contributed by atoms with E-state index in [1.165, 1.54) is 0 Å². The van der Waals surface area contributed by atoms with Crippen LogP contribution >= 0.6 is 0 Å². The van der Waals surface area contributed by atoms with E-state index in [9.17, 15) is 13.0 Å². The Hall–Kier alpha value is -0.250. The summed E-state index contributed by atoms with van der Waals surface area (Å²) in [5.41, 5.74) is 0. The molecule has 0 saturated heterocycles. The predicted octanol–water partition coefficient (Wildman–Crippen LogP) is -1.65. The Morgan fingerprint density at radius 2 is 1.41 bits per heavy atom. The molecule has 0 bridgehead atoms. The number of hydrogen-bond acceptors (Lipinski definition) is 6.